The van der Waals surface area contributed by atoms with Crippen LogP contribution in [0, 0.1) is 0 Å². The number of amides is 1. The molecule has 0 fully saturated rings. The van der Waals surface area contributed by atoms with Gasteiger partial charge in [-0.2, -0.15) is 0 Å². The zero-order chi connectivity index (χ0) is 22.1. The second-order valence-electron chi connectivity index (χ2n) is 7.46. The van der Waals surface area contributed by atoms with Gasteiger partial charge in [0.2, 0.25) is 5.91 Å². The molecule has 7 heteroatoms. The Labute approximate surface area is 189 Å². The van der Waals surface area contributed by atoms with Crippen LogP contribution in [-0.2, 0) is 11.3 Å². The van der Waals surface area contributed by atoms with Gasteiger partial charge in [-0.15, -0.1) is 0 Å². The predicted octanol–water partition coefficient (Wildman–Crippen LogP) is 4.84. The van der Waals surface area contributed by atoms with Crippen molar-refractivity contribution in [2.75, 3.05) is 7.11 Å². The maximum absolute atomic E-state index is 12.9. The highest BCUT2D eigenvalue weighted by molar-refractivity contribution is 8.00. The molecule has 1 unspecified atom stereocenters. The van der Waals surface area contributed by atoms with E-state index in [9.17, 15) is 4.79 Å². The summed E-state index contributed by atoms with van der Waals surface area (Å²) in [5, 5.41) is 4.40. The van der Waals surface area contributed by atoms with Crippen LogP contribution < -0.4 is 10.1 Å². The van der Waals surface area contributed by atoms with Crippen LogP contribution in [0.15, 0.2) is 78.0 Å². The van der Waals surface area contributed by atoms with Gasteiger partial charge in [0, 0.05) is 17.5 Å². The molecule has 5 rings (SSSR count). The van der Waals surface area contributed by atoms with Gasteiger partial charge in [0.15, 0.2) is 5.16 Å². The molecule has 0 aliphatic heterocycles. The van der Waals surface area contributed by atoms with Crippen LogP contribution >= 0.6 is 11.8 Å². The Kier molecular flexibility index (Phi) is 5.41. The minimum Gasteiger partial charge on any atom is -0.496 e. The van der Waals surface area contributed by atoms with Crippen LogP contribution in [0.2, 0.25) is 0 Å². The molecule has 1 N–H and O–H groups in total. The number of thioether (sulfide) groups is 1. The van der Waals surface area contributed by atoms with E-state index in [4.69, 9.17) is 14.7 Å². The van der Waals surface area contributed by atoms with Crippen LogP contribution in [0.4, 0.5) is 0 Å². The van der Waals surface area contributed by atoms with E-state index in [-0.39, 0.29) is 11.2 Å². The second kappa shape index (κ2) is 8.51. The number of fused-ring (bicyclic) bond motifs is 5. The fraction of sp³-hybridized carbons (Fsp3) is 0.160. The molecule has 0 saturated heterocycles. The van der Waals surface area contributed by atoms with Crippen molar-refractivity contribution in [3.63, 3.8) is 0 Å². The van der Waals surface area contributed by atoms with Gasteiger partial charge < -0.3 is 10.1 Å². The zero-order valence-corrected chi connectivity index (χ0v) is 18.6. The average molecular weight is 443 g/mol. The third-order valence-corrected chi connectivity index (χ3v) is 6.46. The van der Waals surface area contributed by atoms with Crippen molar-refractivity contribution in [3.8, 4) is 5.75 Å². The molecule has 1 amide bonds. The standard InChI is InChI=1S/C25H22N4O2S/c1-16(24(30)26-15-17-9-3-8-14-22(17)31-2)32-25-28-19-11-5-4-10-18(19)23-27-20-12-6-7-13-21(20)29(23)25/h3-14,16H,15H2,1-2H3,(H,26,30). The summed E-state index contributed by atoms with van der Waals surface area (Å²) in [6.07, 6.45) is 0. The number of nitrogens with one attached hydrogen (secondary N) is 1. The topological polar surface area (TPSA) is 68.5 Å². The monoisotopic (exact) mass is 442 g/mol. The molecule has 2 aromatic heterocycles. The molecule has 1 atom stereocenters. The molecule has 2 heterocycles. The van der Waals surface area contributed by atoms with Crippen LogP contribution in [0.25, 0.3) is 27.6 Å². The highest BCUT2D eigenvalue weighted by atomic mass is 32.2. The molecule has 160 valence electrons. The van der Waals surface area contributed by atoms with Crippen molar-refractivity contribution in [2.45, 2.75) is 23.9 Å². The molecule has 0 radical (unpaired) electrons. The van der Waals surface area contributed by atoms with Gasteiger partial charge in [0.05, 0.1) is 28.9 Å². The van der Waals surface area contributed by atoms with Gasteiger partial charge in [-0.1, -0.05) is 54.2 Å². The molecular formula is C25H22N4O2S. The Bertz CT molecular complexity index is 1450. The predicted molar refractivity (Wildman–Crippen MR) is 128 cm³/mol. The van der Waals surface area contributed by atoms with E-state index >= 15 is 0 Å². The summed E-state index contributed by atoms with van der Waals surface area (Å²) < 4.78 is 7.43. The van der Waals surface area contributed by atoms with E-state index in [1.54, 1.807) is 7.11 Å². The lowest BCUT2D eigenvalue weighted by atomic mass is 10.2. The molecule has 6 nitrogen and oxygen atoms in total. The summed E-state index contributed by atoms with van der Waals surface area (Å²) >= 11 is 1.43. The van der Waals surface area contributed by atoms with Crippen molar-refractivity contribution in [1.82, 2.24) is 19.7 Å². The minimum atomic E-state index is -0.345. The smallest absolute Gasteiger partial charge is 0.233 e. The number of carbonyl (C=O) groups excluding carboxylic acids is 1. The van der Waals surface area contributed by atoms with E-state index in [1.807, 2.05) is 84.1 Å². The van der Waals surface area contributed by atoms with Crippen LogP contribution in [0.1, 0.15) is 12.5 Å². The largest absolute Gasteiger partial charge is 0.496 e. The molecular weight excluding hydrogens is 420 g/mol. The Morgan fingerprint density at radius 1 is 1.00 bits per heavy atom. The first-order valence-electron chi connectivity index (χ1n) is 10.4. The molecule has 0 bridgehead atoms. The average Bonchev–Trinajstić information content (AvgIpc) is 3.23. The molecule has 3 aromatic carbocycles. The minimum absolute atomic E-state index is 0.0616. The number of methoxy groups -OCH3 is 1. The van der Waals surface area contributed by atoms with Crippen molar-refractivity contribution >= 4 is 45.3 Å². The number of nitrogens with zero attached hydrogens (tertiary/aromatic N) is 3. The number of ether oxygens (including phenoxy) is 1. The molecule has 0 saturated carbocycles. The third-order valence-electron chi connectivity index (χ3n) is 5.41. The summed E-state index contributed by atoms with van der Waals surface area (Å²) in [5.74, 6) is 0.698. The first-order chi connectivity index (χ1) is 15.7. The number of imidazole rings is 1. The lowest BCUT2D eigenvalue weighted by molar-refractivity contribution is -0.120. The van der Waals surface area contributed by atoms with E-state index in [1.165, 1.54) is 11.8 Å². The van der Waals surface area contributed by atoms with Gasteiger partial charge in [-0.3, -0.25) is 9.20 Å². The number of benzene rings is 3. The molecule has 32 heavy (non-hydrogen) atoms. The van der Waals surface area contributed by atoms with E-state index in [0.29, 0.717) is 6.54 Å². The van der Waals surface area contributed by atoms with E-state index in [2.05, 4.69) is 5.32 Å². The second-order valence-corrected chi connectivity index (χ2v) is 8.77. The van der Waals surface area contributed by atoms with E-state index in [0.717, 1.165) is 44.1 Å². The van der Waals surface area contributed by atoms with Crippen molar-refractivity contribution < 1.29 is 9.53 Å². The summed E-state index contributed by atoms with van der Waals surface area (Å²) in [4.78, 5) is 22.6. The zero-order valence-electron chi connectivity index (χ0n) is 17.8. The Balaban J connectivity index is 1.47. The van der Waals surface area contributed by atoms with Gasteiger partial charge in [0.1, 0.15) is 11.4 Å². The van der Waals surface area contributed by atoms with Crippen molar-refractivity contribution in [3.05, 3.63) is 78.4 Å². The fourth-order valence-corrected chi connectivity index (χ4v) is 4.73. The highest BCUT2D eigenvalue weighted by Gasteiger charge is 2.20. The van der Waals surface area contributed by atoms with Gasteiger partial charge in [-0.05, 0) is 37.3 Å². The fourth-order valence-electron chi connectivity index (χ4n) is 3.78. The van der Waals surface area contributed by atoms with Gasteiger partial charge in [0.25, 0.3) is 0 Å². The number of hydrogen-bond acceptors (Lipinski definition) is 5. The highest BCUT2D eigenvalue weighted by Crippen LogP contribution is 2.31. The quantitative estimate of drug-likeness (QED) is 0.301. The number of carbonyl (C=O) groups is 1. The summed E-state index contributed by atoms with van der Waals surface area (Å²) in [7, 11) is 1.63. The maximum Gasteiger partial charge on any atom is 0.233 e. The summed E-state index contributed by atoms with van der Waals surface area (Å²) in [6.45, 7) is 2.30. The van der Waals surface area contributed by atoms with Crippen molar-refractivity contribution in [2.24, 2.45) is 0 Å². The number of hydrogen-bond donors (Lipinski definition) is 1. The number of rotatable bonds is 6. The maximum atomic E-state index is 12.9. The summed E-state index contributed by atoms with van der Waals surface area (Å²) in [6, 6.07) is 23.6. The first kappa shape index (κ1) is 20.3. The Morgan fingerprint density at radius 2 is 1.72 bits per heavy atom. The normalized spacial score (nSPS) is 12.3. The van der Waals surface area contributed by atoms with Gasteiger partial charge >= 0.3 is 0 Å². The Hall–Kier alpha value is -3.58. The third kappa shape index (κ3) is 3.65. The SMILES string of the molecule is COc1ccccc1CNC(=O)C(C)Sc1nc2ccccc2c2nc3ccccc3n12. The van der Waals surface area contributed by atoms with Crippen LogP contribution in [-0.4, -0.2) is 32.6 Å². The van der Waals surface area contributed by atoms with Crippen LogP contribution in [0.3, 0.4) is 0 Å². The summed E-state index contributed by atoms with van der Waals surface area (Å²) in [5.41, 5.74) is 4.53. The van der Waals surface area contributed by atoms with Crippen molar-refractivity contribution in [1.29, 1.82) is 0 Å². The van der Waals surface area contributed by atoms with Gasteiger partial charge in [-0.25, -0.2) is 9.97 Å². The van der Waals surface area contributed by atoms with Crippen LogP contribution in [0.5, 0.6) is 5.75 Å². The number of aromatic nitrogens is 3. The molecule has 0 spiro atoms. The van der Waals surface area contributed by atoms with E-state index < -0.39 is 0 Å². The number of para-hydroxylation sites is 4. The lowest BCUT2D eigenvalue weighted by Gasteiger charge is -2.15. The Morgan fingerprint density at radius 3 is 2.56 bits per heavy atom. The molecule has 0 aliphatic rings. The molecule has 5 aromatic rings. The molecule has 0 aliphatic carbocycles. The first-order valence-corrected chi connectivity index (χ1v) is 11.3. The lowest BCUT2D eigenvalue weighted by Crippen LogP contribution is -2.30.